The van der Waals surface area contributed by atoms with E-state index in [2.05, 4.69) is 333 Å². The minimum absolute atomic E-state index is 0.0183. The van der Waals surface area contributed by atoms with Gasteiger partial charge in [-0.1, -0.05) is 273 Å². The van der Waals surface area contributed by atoms with Crippen LogP contribution in [-0.2, 0) is 13.3 Å². The van der Waals surface area contributed by atoms with Crippen molar-refractivity contribution in [2.24, 2.45) is 0 Å². The quantitative estimate of drug-likeness (QED) is 0.0562. The Morgan fingerprint density at radius 2 is 0.407 bits per heavy atom. The van der Waals surface area contributed by atoms with Crippen LogP contribution in [0.5, 0.6) is 17.2 Å². The zero-order valence-corrected chi connectivity index (χ0v) is 55.0. The second kappa shape index (κ2) is 29.5. The molecule has 12 rings (SSSR count). The van der Waals surface area contributed by atoms with Gasteiger partial charge in [-0.3, -0.25) is 0 Å². The fourth-order valence-corrected chi connectivity index (χ4v) is 14.5. The monoisotopic (exact) mass is 1230 g/mol. The molecule has 0 fully saturated rings. The largest absolute Gasteiger partial charge is 0.864 e. The Kier molecular flexibility index (Phi) is 20.1. The van der Waals surface area contributed by atoms with Crippen molar-refractivity contribution in [2.75, 3.05) is 0 Å². The Morgan fingerprint density at radius 1 is 0.231 bits per heavy atom. The van der Waals surface area contributed by atoms with E-state index in [-0.39, 0.29) is 47.6 Å². The number of rotatable bonds is 24. The fraction of sp³-hybridized carbons (Fsp3) is 0.111. The average molecular weight is 1230 g/mol. The highest BCUT2D eigenvalue weighted by molar-refractivity contribution is 6.54. The number of hydrogen-bond donors (Lipinski definition) is 0. The first-order valence-corrected chi connectivity index (χ1v) is 33.8. The lowest BCUT2D eigenvalue weighted by Gasteiger charge is -2.28. The molecule has 0 aliphatic heterocycles. The third-order valence-electron chi connectivity index (χ3n) is 15.4. The van der Waals surface area contributed by atoms with Crippen molar-refractivity contribution in [3.8, 4) is 117 Å². The summed E-state index contributed by atoms with van der Waals surface area (Å²) in [5.74, 6) is 1.62. The zero-order chi connectivity index (χ0) is 62.5. The van der Waals surface area contributed by atoms with E-state index in [4.69, 9.17) is 27.2 Å². The van der Waals surface area contributed by atoms with Gasteiger partial charge in [0.25, 0.3) is 29.3 Å². The molecule has 0 bridgehead atoms. The topological polar surface area (TPSA) is 55.4 Å². The predicted octanol–water partition coefficient (Wildman–Crippen LogP) is 18.2. The normalized spacial score (nSPS) is 11.3. The maximum atomic E-state index is 7.97. The van der Waals surface area contributed by atoms with Gasteiger partial charge in [0.2, 0.25) is 0 Å². The molecule has 91 heavy (non-hydrogen) atoms. The molecule has 0 heterocycles. The van der Waals surface area contributed by atoms with Crippen LogP contribution in [0.25, 0.3) is 100 Å². The molecule has 0 aromatic heterocycles. The van der Waals surface area contributed by atoms with Crippen molar-refractivity contribution in [3.63, 3.8) is 0 Å². The van der Waals surface area contributed by atoms with Crippen molar-refractivity contribution in [3.05, 3.63) is 291 Å². The maximum Gasteiger partial charge on any atom is 0.864 e. The molecular weight excluding hydrogens is 1160 g/mol. The summed E-state index contributed by atoms with van der Waals surface area (Å²) in [6.07, 6.45) is -0.121. The molecule has 12 aromatic carbocycles. The molecule has 10 heteroatoms. The molecule has 444 valence electrons. The standard InChI is InChI=1S/C81H69BO6Si3/c1-55(2)86-89-79-67(58-34-16-7-17-35-58)52-70(73(61-40-22-10-23-41-61)76(79)64-46-28-13-29-47-64)83-82(84-71-53-68(59-36-18-8-19-37-59)80(90-87-56(3)4)77(65-48-30-14-31-49-65)74(71)62-42-24-11-25-43-62)85-72-54-69(60-38-20-9-21-39-60)81(91-88-57(5)6)78(66-50-32-15-33-51-66)75(72)63-44-26-12-27-45-63/h7-57H,1-6H3. The second-order valence-corrected chi connectivity index (χ2v) is 25.7. The van der Waals surface area contributed by atoms with E-state index in [0.717, 1.165) is 116 Å². The molecule has 0 aliphatic rings. The molecule has 0 saturated carbocycles. The Morgan fingerprint density at radius 3 is 0.593 bits per heavy atom. The van der Waals surface area contributed by atoms with E-state index in [1.165, 1.54) is 0 Å². The maximum absolute atomic E-state index is 7.97. The highest BCUT2D eigenvalue weighted by Crippen LogP contribution is 2.47. The Hall–Kier alpha value is -9.36. The van der Waals surface area contributed by atoms with Gasteiger partial charge >= 0.3 is 7.32 Å². The molecule has 0 aliphatic carbocycles. The van der Waals surface area contributed by atoms with Crippen LogP contribution < -0.4 is 29.5 Å². The molecular formula is C81H69BO6Si3. The first-order valence-electron chi connectivity index (χ1n) is 31.0. The third-order valence-corrected chi connectivity index (χ3v) is 19.3. The van der Waals surface area contributed by atoms with E-state index in [1.54, 1.807) is 0 Å². The molecule has 0 saturated heterocycles. The smallest absolute Gasteiger partial charge is 0.489 e. The van der Waals surface area contributed by atoms with Crippen LogP contribution in [0.3, 0.4) is 0 Å². The highest BCUT2D eigenvalue weighted by atomic mass is 28.2. The summed E-state index contributed by atoms with van der Waals surface area (Å²) in [5.41, 5.74) is 17.3. The fourth-order valence-electron chi connectivity index (χ4n) is 11.4. The summed E-state index contributed by atoms with van der Waals surface area (Å²) in [4.78, 5) is 0. The van der Waals surface area contributed by atoms with Crippen LogP contribution in [0.2, 0.25) is 0 Å². The Bertz CT molecular complexity index is 3870. The van der Waals surface area contributed by atoms with E-state index in [0.29, 0.717) is 17.2 Å². The van der Waals surface area contributed by atoms with Gasteiger partial charge in [0.15, 0.2) is 0 Å². The van der Waals surface area contributed by atoms with Crippen LogP contribution in [0.1, 0.15) is 41.5 Å². The SMILES string of the molecule is CC(C)O[Si]c1c(-c2ccccc2)cc(OB(Oc2cc(-c3ccccc3)c([Si]OC(C)C)c(-c3ccccc3)c2-c2ccccc2)Oc2cc(-c3ccccc3)c([Si]OC(C)C)c(-c3ccccc3)c2-c2ccccc2)c(-c2ccccc2)c1-c1ccccc1. The van der Waals surface area contributed by atoms with Gasteiger partial charge in [0.1, 0.15) is 17.2 Å². The molecule has 0 amide bonds. The lowest BCUT2D eigenvalue weighted by atomic mass is 9.88. The summed E-state index contributed by atoms with van der Waals surface area (Å²) in [5, 5.41) is 3.15. The summed E-state index contributed by atoms with van der Waals surface area (Å²) < 4.78 is 44.1. The Balaban J connectivity index is 1.21. The number of hydrogen-bond acceptors (Lipinski definition) is 6. The van der Waals surface area contributed by atoms with Crippen LogP contribution in [0.4, 0.5) is 0 Å². The molecule has 6 nitrogen and oxygen atoms in total. The first kappa shape index (κ1) is 61.9. The molecule has 0 unspecified atom stereocenters. The van der Waals surface area contributed by atoms with Crippen molar-refractivity contribution in [1.82, 2.24) is 0 Å². The lowest BCUT2D eigenvalue weighted by molar-refractivity contribution is 0.260. The van der Waals surface area contributed by atoms with E-state index in [9.17, 15) is 0 Å². The van der Waals surface area contributed by atoms with Gasteiger partial charge < -0.3 is 27.2 Å². The molecule has 0 atom stereocenters. The summed E-state index contributed by atoms with van der Waals surface area (Å²) in [7, 11) is -1.56. The first-order chi connectivity index (χ1) is 44.7. The Labute approximate surface area is 544 Å². The van der Waals surface area contributed by atoms with E-state index in [1.807, 2.05) is 0 Å². The van der Waals surface area contributed by atoms with Crippen molar-refractivity contribution >= 4 is 52.2 Å². The summed E-state index contributed by atoms with van der Waals surface area (Å²) in [6, 6.07) is 101. The molecule has 12 aromatic rings. The molecule has 6 radical (unpaired) electrons. The van der Waals surface area contributed by atoms with Crippen molar-refractivity contribution < 1.29 is 27.2 Å². The van der Waals surface area contributed by atoms with Crippen LogP contribution in [0.15, 0.2) is 291 Å². The van der Waals surface area contributed by atoms with Crippen molar-refractivity contribution in [2.45, 2.75) is 59.9 Å². The van der Waals surface area contributed by atoms with Gasteiger partial charge in [-0.25, -0.2) is 0 Å². The highest BCUT2D eigenvalue weighted by Gasteiger charge is 2.38. The van der Waals surface area contributed by atoms with Crippen LogP contribution in [0, 0.1) is 0 Å². The van der Waals surface area contributed by atoms with Gasteiger partial charge in [-0.05, 0) is 159 Å². The molecule has 0 spiro atoms. The predicted molar refractivity (Wildman–Crippen MR) is 381 cm³/mol. The van der Waals surface area contributed by atoms with Gasteiger partial charge in [-0.15, -0.1) is 0 Å². The van der Waals surface area contributed by atoms with Crippen LogP contribution in [-0.4, -0.2) is 54.9 Å². The van der Waals surface area contributed by atoms with Gasteiger partial charge in [0, 0.05) is 35.0 Å². The lowest BCUT2D eigenvalue weighted by Crippen LogP contribution is -2.38. The molecule has 0 N–H and O–H groups in total. The summed E-state index contributed by atoms with van der Waals surface area (Å²) >= 11 is 0. The second-order valence-electron chi connectivity index (χ2n) is 22.9. The third kappa shape index (κ3) is 14.5. The average Bonchev–Trinajstić information content (AvgIpc) is 0.839. The van der Waals surface area contributed by atoms with Gasteiger partial charge in [-0.2, -0.15) is 0 Å². The zero-order valence-electron chi connectivity index (χ0n) is 52.0. The van der Waals surface area contributed by atoms with Crippen molar-refractivity contribution in [1.29, 1.82) is 0 Å². The van der Waals surface area contributed by atoms with Crippen LogP contribution >= 0.6 is 0 Å². The number of benzene rings is 12. The minimum atomic E-state index is -1.50. The summed E-state index contributed by atoms with van der Waals surface area (Å²) in [6.45, 7) is 12.5. The minimum Gasteiger partial charge on any atom is -0.489 e. The van der Waals surface area contributed by atoms with Gasteiger partial charge in [0.05, 0.1) is 0 Å². The van der Waals surface area contributed by atoms with E-state index < -0.39 is 7.32 Å². The van der Waals surface area contributed by atoms with E-state index >= 15 is 0 Å².